The van der Waals surface area contributed by atoms with Crippen LogP contribution < -0.4 is 5.32 Å². The van der Waals surface area contributed by atoms with Gasteiger partial charge in [-0.15, -0.1) is 24.0 Å². The molecule has 2 aromatic rings. The van der Waals surface area contributed by atoms with Gasteiger partial charge in [0.15, 0.2) is 5.96 Å². The van der Waals surface area contributed by atoms with Crippen molar-refractivity contribution in [2.24, 2.45) is 12.0 Å². The van der Waals surface area contributed by atoms with Crippen molar-refractivity contribution in [2.75, 3.05) is 13.6 Å². The molecule has 0 saturated carbocycles. The highest BCUT2D eigenvalue weighted by Crippen LogP contribution is 2.19. The van der Waals surface area contributed by atoms with Crippen molar-refractivity contribution in [3.8, 4) is 0 Å². The van der Waals surface area contributed by atoms with Crippen molar-refractivity contribution in [1.29, 1.82) is 0 Å². The number of nitro groups is 1. The molecule has 0 amide bonds. The second-order valence-corrected chi connectivity index (χ2v) is 6.82. The molecule has 0 radical (unpaired) electrons. The van der Waals surface area contributed by atoms with Crippen LogP contribution in [0, 0.1) is 10.1 Å². The zero-order valence-corrected chi connectivity index (χ0v) is 19.4. The lowest BCUT2D eigenvalue weighted by Gasteiger charge is -2.22. The molecule has 1 aromatic heterocycles. The first-order chi connectivity index (χ1) is 12.8. The summed E-state index contributed by atoms with van der Waals surface area (Å²) >= 11 is 0. The van der Waals surface area contributed by atoms with Gasteiger partial charge in [0.1, 0.15) is 0 Å². The molecule has 1 heterocycles. The Balaban J connectivity index is 0.00000392. The van der Waals surface area contributed by atoms with E-state index in [1.807, 2.05) is 31.9 Å². The maximum absolute atomic E-state index is 10.8. The fourth-order valence-electron chi connectivity index (χ4n) is 2.85. The van der Waals surface area contributed by atoms with Crippen LogP contribution in [-0.2, 0) is 20.1 Å². The van der Waals surface area contributed by atoms with E-state index in [-0.39, 0.29) is 29.7 Å². The molecular formula is C19H29IN6O2. The van der Waals surface area contributed by atoms with Crippen molar-refractivity contribution in [3.63, 3.8) is 0 Å². The number of hydrogen-bond acceptors (Lipinski definition) is 4. The summed E-state index contributed by atoms with van der Waals surface area (Å²) in [4.78, 5) is 17.1. The van der Waals surface area contributed by atoms with Gasteiger partial charge >= 0.3 is 0 Å². The quantitative estimate of drug-likeness (QED) is 0.206. The monoisotopic (exact) mass is 500 g/mol. The largest absolute Gasteiger partial charge is 0.357 e. The number of rotatable bonds is 7. The molecule has 0 aliphatic carbocycles. The lowest BCUT2D eigenvalue weighted by atomic mass is 10.1. The molecule has 0 fully saturated rings. The van der Waals surface area contributed by atoms with Crippen LogP contribution in [0.2, 0.25) is 0 Å². The van der Waals surface area contributed by atoms with Crippen LogP contribution in [0.1, 0.15) is 43.5 Å². The predicted molar refractivity (Wildman–Crippen MR) is 122 cm³/mol. The molecule has 0 saturated heterocycles. The molecule has 28 heavy (non-hydrogen) atoms. The van der Waals surface area contributed by atoms with Crippen LogP contribution in [0.5, 0.6) is 0 Å². The highest BCUT2D eigenvalue weighted by Gasteiger charge is 2.15. The summed E-state index contributed by atoms with van der Waals surface area (Å²) < 4.78 is 1.85. The van der Waals surface area contributed by atoms with Gasteiger partial charge in [0.2, 0.25) is 0 Å². The summed E-state index contributed by atoms with van der Waals surface area (Å²) in [5.74, 6) is 1.14. The summed E-state index contributed by atoms with van der Waals surface area (Å²) in [6.07, 6.45) is 2.05. The Kier molecular flexibility index (Phi) is 9.36. The fraction of sp³-hybridized carbons (Fsp3) is 0.474. The van der Waals surface area contributed by atoms with Gasteiger partial charge in [0.05, 0.1) is 17.2 Å². The second kappa shape index (κ2) is 11.0. The minimum absolute atomic E-state index is 0. The lowest BCUT2D eigenvalue weighted by molar-refractivity contribution is -0.384. The van der Waals surface area contributed by atoms with Gasteiger partial charge in [-0.1, -0.05) is 26.0 Å². The van der Waals surface area contributed by atoms with E-state index >= 15 is 0 Å². The van der Waals surface area contributed by atoms with Crippen LogP contribution >= 0.6 is 24.0 Å². The molecule has 0 atom stereocenters. The number of aromatic nitrogens is 2. The second-order valence-electron chi connectivity index (χ2n) is 6.82. The van der Waals surface area contributed by atoms with Crippen LogP contribution in [0.15, 0.2) is 35.5 Å². The number of non-ortho nitro benzene ring substituents is 1. The summed E-state index contributed by atoms with van der Waals surface area (Å²) in [5, 5.41) is 18.6. The predicted octanol–water partition coefficient (Wildman–Crippen LogP) is 3.67. The Morgan fingerprint density at radius 3 is 2.54 bits per heavy atom. The Morgan fingerprint density at radius 2 is 2.00 bits per heavy atom. The minimum atomic E-state index is -0.398. The maximum atomic E-state index is 10.8. The third-order valence-electron chi connectivity index (χ3n) is 4.15. The van der Waals surface area contributed by atoms with Gasteiger partial charge < -0.3 is 10.2 Å². The SMILES string of the molecule is CCNC(=NCc1ccc([N+](=O)[O-])cc1)N(C)Cc1cn(C)nc1C(C)C.I. The smallest absolute Gasteiger partial charge is 0.269 e. The van der Waals surface area contributed by atoms with Gasteiger partial charge in [-0.3, -0.25) is 14.8 Å². The average molecular weight is 500 g/mol. The van der Waals surface area contributed by atoms with Crippen molar-refractivity contribution in [2.45, 2.75) is 39.8 Å². The minimum Gasteiger partial charge on any atom is -0.357 e. The summed E-state index contributed by atoms with van der Waals surface area (Å²) in [6, 6.07) is 6.49. The normalized spacial score (nSPS) is 11.3. The number of hydrogen-bond donors (Lipinski definition) is 1. The first-order valence-electron chi connectivity index (χ1n) is 9.07. The lowest BCUT2D eigenvalue weighted by Crippen LogP contribution is -2.38. The van der Waals surface area contributed by atoms with E-state index in [9.17, 15) is 10.1 Å². The first kappa shape index (κ1) is 23.9. The first-order valence-corrected chi connectivity index (χ1v) is 9.07. The molecule has 154 valence electrons. The van der Waals surface area contributed by atoms with Crippen molar-refractivity contribution >= 4 is 35.6 Å². The molecule has 8 nitrogen and oxygen atoms in total. The van der Waals surface area contributed by atoms with Crippen LogP contribution in [0.4, 0.5) is 5.69 Å². The van der Waals surface area contributed by atoms with Crippen molar-refractivity contribution in [1.82, 2.24) is 20.0 Å². The number of nitrogens with one attached hydrogen (secondary N) is 1. The Hall–Kier alpha value is -2.17. The van der Waals surface area contributed by atoms with Gasteiger partial charge in [-0.05, 0) is 18.4 Å². The topological polar surface area (TPSA) is 88.6 Å². The highest BCUT2D eigenvalue weighted by molar-refractivity contribution is 14.0. The molecule has 1 N–H and O–H groups in total. The van der Waals surface area contributed by atoms with E-state index in [4.69, 9.17) is 0 Å². The fourth-order valence-corrected chi connectivity index (χ4v) is 2.85. The zero-order valence-electron chi connectivity index (χ0n) is 17.0. The average Bonchev–Trinajstić information content (AvgIpc) is 2.99. The molecule has 0 aliphatic heterocycles. The zero-order chi connectivity index (χ0) is 20.0. The molecule has 2 rings (SSSR count). The Morgan fingerprint density at radius 1 is 1.36 bits per heavy atom. The summed E-state index contributed by atoms with van der Waals surface area (Å²) in [6.45, 7) is 8.22. The number of nitrogens with zero attached hydrogens (tertiary/aromatic N) is 5. The number of guanidine groups is 1. The van der Waals surface area contributed by atoms with E-state index < -0.39 is 4.92 Å². The molecule has 0 unspecified atom stereocenters. The van der Waals surface area contributed by atoms with E-state index in [0.29, 0.717) is 19.0 Å². The van der Waals surface area contributed by atoms with Crippen molar-refractivity contribution in [3.05, 3.63) is 57.4 Å². The molecule has 0 aliphatic rings. The van der Waals surface area contributed by atoms with E-state index in [1.54, 1.807) is 12.1 Å². The highest BCUT2D eigenvalue weighted by atomic mass is 127. The third-order valence-corrected chi connectivity index (χ3v) is 4.15. The molecule has 0 spiro atoms. The molecular weight excluding hydrogens is 471 g/mol. The Labute approximate surface area is 183 Å². The van der Waals surface area contributed by atoms with Gasteiger partial charge in [0, 0.05) is 51.1 Å². The van der Waals surface area contributed by atoms with Crippen molar-refractivity contribution < 1.29 is 4.92 Å². The standard InChI is InChI=1S/C19H28N6O2.HI/c1-6-20-19(21-11-15-7-9-17(10-8-15)25(26)27)23(4)12-16-13-24(5)22-18(16)14(2)3;/h7-10,13-14H,6,11-12H2,1-5H3,(H,20,21);1H. The number of nitro benzene ring substituents is 1. The number of aryl methyl sites for hydroxylation is 1. The number of aliphatic imine (C=N–C) groups is 1. The molecule has 0 bridgehead atoms. The number of halogens is 1. The van der Waals surface area contributed by atoms with E-state index in [1.165, 1.54) is 17.7 Å². The van der Waals surface area contributed by atoms with Gasteiger partial charge in [-0.2, -0.15) is 5.10 Å². The van der Waals surface area contributed by atoms with Crippen LogP contribution in [0.25, 0.3) is 0 Å². The van der Waals surface area contributed by atoms with E-state index in [0.717, 1.165) is 23.8 Å². The summed E-state index contributed by atoms with van der Waals surface area (Å²) in [7, 11) is 3.93. The molecule has 1 aromatic carbocycles. The molecule has 9 heteroatoms. The van der Waals surface area contributed by atoms with Gasteiger partial charge in [0.25, 0.3) is 5.69 Å². The Bertz CT molecular complexity index is 801. The third kappa shape index (κ3) is 6.47. The summed E-state index contributed by atoms with van der Waals surface area (Å²) in [5.41, 5.74) is 3.28. The number of benzene rings is 1. The van der Waals surface area contributed by atoms with Gasteiger partial charge in [-0.25, -0.2) is 4.99 Å². The maximum Gasteiger partial charge on any atom is 0.269 e. The van der Waals surface area contributed by atoms with E-state index in [2.05, 4.69) is 34.2 Å². The van der Waals surface area contributed by atoms with Crippen LogP contribution in [-0.4, -0.2) is 39.2 Å². The van der Waals surface area contributed by atoms with Crippen LogP contribution in [0.3, 0.4) is 0 Å².